The number of hydrogen-bond acceptors (Lipinski definition) is 7. The molecule has 0 bridgehead atoms. The molecular formula is C22H36N2O5. The van der Waals surface area contributed by atoms with Gasteiger partial charge in [0.05, 0.1) is 57.5 Å². The van der Waals surface area contributed by atoms with Gasteiger partial charge in [-0.15, -0.1) is 0 Å². The molecule has 0 saturated heterocycles. The van der Waals surface area contributed by atoms with Crippen molar-refractivity contribution in [3.8, 4) is 11.5 Å². The molecular weight excluding hydrogens is 372 g/mol. The van der Waals surface area contributed by atoms with Crippen LogP contribution in [0.3, 0.4) is 0 Å². The minimum Gasteiger partial charge on any atom is -0.489 e. The molecule has 164 valence electrons. The third-order valence-electron chi connectivity index (χ3n) is 4.70. The first-order chi connectivity index (χ1) is 13.9. The van der Waals surface area contributed by atoms with Crippen LogP contribution < -0.4 is 9.47 Å². The molecule has 1 aromatic carbocycles. The summed E-state index contributed by atoms with van der Waals surface area (Å²) in [6.07, 6.45) is 0.872. The molecule has 2 rings (SSSR count). The van der Waals surface area contributed by atoms with Gasteiger partial charge in [-0.3, -0.25) is 0 Å². The van der Waals surface area contributed by atoms with Crippen molar-refractivity contribution in [2.75, 3.05) is 52.8 Å². The average Bonchev–Trinajstić information content (AvgIpc) is 2.71. The van der Waals surface area contributed by atoms with Crippen LogP contribution >= 0.6 is 0 Å². The molecule has 29 heavy (non-hydrogen) atoms. The van der Waals surface area contributed by atoms with E-state index < -0.39 is 0 Å². The molecule has 0 aliphatic carbocycles. The van der Waals surface area contributed by atoms with Crippen LogP contribution in [-0.4, -0.2) is 58.4 Å². The van der Waals surface area contributed by atoms with Crippen LogP contribution in [0.4, 0.5) is 5.69 Å². The molecule has 0 radical (unpaired) electrons. The molecule has 1 atom stereocenters. The number of benzene rings is 1. The van der Waals surface area contributed by atoms with Crippen LogP contribution in [0, 0.1) is 5.41 Å². The first kappa shape index (κ1) is 23.6. The number of fused-ring (bicyclic) bond motifs is 1. The zero-order valence-electron chi connectivity index (χ0n) is 18.5. The first-order valence-corrected chi connectivity index (χ1v) is 10.4. The zero-order valence-corrected chi connectivity index (χ0v) is 18.5. The van der Waals surface area contributed by atoms with E-state index in [0.29, 0.717) is 64.3 Å². The molecule has 7 heteroatoms. The fourth-order valence-corrected chi connectivity index (χ4v) is 2.59. The Hall–Kier alpha value is -1.70. The van der Waals surface area contributed by atoms with Crippen molar-refractivity contribution in [1.29, 1.82) is 0 Å². The highest BCUT2D eigenvalue weighted by Gasteiger charge is 2.29. The lowest BCUT2D eigenvalue weighted by atomic mass is 9.95. The standard InChI is InChI=1S/C22H36N2O5/c1-6-22(5)17-26-11-10-25-12-13-27-20-14-18(24-23-7-2)8-9-19(20)28-15-21(3,4)16-29-22/h8-9,14H,6-7,10-13,15-17H2,1-5H3. The molecule has 1 aromatic rings. The lowest BCUT2D eigenvalue weighted by Crippen LogP contribution is -2.39. The third kappa shape index (κ3) is 8.28. The van der Waals surface area contributed by atoms with Crippen molar-refractivity contribution < 1.29 is 23.7 Å². The summed E-state index contributed by atoms with van der Waals surface area (Å²) in [5, 5.41) is 8.24. The van der Waals surface area contributed by atoms with Crippen LogP contribution in [0.15, 0.2) is 28.4 Å². The lowest BCUT2D eigenvalue weighted by Gasteiger charge is -2.33. The van der Waals surface area contributed by atoms with E-state index in [1.807, 2.05) is 25.1 Å². The zero-order chi connectivity index (χ0) is 21.2. The Kier molecular flexibility index (Phi) is 9.33. The fraction of sp³-hybridized carbons (Fsp3) is 0.727. The molecule has 0 saturated carbocycles. The second-order valence-electron chi connectivity index (χ2n) is 8.25. The van der Waals surface area contributed by atoms with Crippen LogP contribution in [-0.2, 0) is 14.2 Å². The van der Waals surface area contributed by atoms with Crippen LogP contribution in [0.5, 0.6) is 11.5 Å². The summed E-state index contributed by atoms with van der Waals surface area (Å²) < 4.78 is 29.6. The Balaban J connectivity index is 2.15. The van der Waals surface area contributed by atoms with E-state index in [1.165, 1.54) is 0 Å². The van der Waals surface area contributed by atoms with Crippen molar-refractivity contribution in [3.05, 3.63) is 18.2 Å². The fourth-order valence-electron chi connectivity index (χ4n) is 2.59. The van der Waals surface area contributed by atoms with E-state index in [1.54, 1.807) is 0 Å². The third-order valence-corrected chi connectivity index (χ3v) is 4.70. The van der Waals surface area contributed by atoms with Gasteiger partial charge in [0.15, 0.2) is 11.5 Å². The van der Waals surface area contributed by atoms with Crippen molar-refractivity contribution in [3.63, 3.8) is 0 Å². The molecule has 7 nitrogen and oxygen atoms in total. The van der Waals surface area contributed by atoms with Crippen LogP contribution in [0.25, 0.3) is 0 Å². The number of hydrogen-bond donors (Lipinski definition) is 0. The highest BCUT2D eigenvalue weighted by atomic mass is 16.6. The van der Waals surface area contributed by atoms with Gasteiger partial charge in [-0.1, -0.05) is 20.8 Å². The number of nitrogens with zero attached hydrogens (tertiary/aromatic N) is 2. The van der Waals surface area contributed by atoms with Crippen molar-refractivity contribution in [1.82, 2.24) is 0 Å². The van der Waals surface area contributed by atoms with Gasteiger partial charge in [-0.25, -0.2) is 0 Å². The van der Waals surface area contributed by atoms with Gasteiger partial charge in [-0.2, -0.15) is 10.2 Å². The maximum absolute atomic E-state index is 6.24. The number of ether oxygens (including phenoxy) is 5. The summed E-state index contributed by atoms with van der Waals surface area (Å²) in [6, 6.07) is 5.60. The van der Waals surface area contributed by atoms with Crippen molar-refractivity contribution in [2.45, 2.75) is 46.6 Å². The van der Waals surface area contributed by atoms with E-state index in [0.717, 1.165) is 12.1 Å². The van der Waals surface area contributed by atoms with E-state index in [4.69, 9.17) is 23.7 Å². The Bertz CT molecular complexity index is 650. The monoisotopic (exact) mass is 408 g/mol. The molecule has 1 heterocycles. The van der Waals surface area contributed by atoms with Gasteiger partial charge in [0.2, 0.25) is 0 Å². The lowest BCUT2D eigenvalue weighted by molar-refractivity contribution is -0.119. The van der Waals surface area contributed by atoms with Crippen molar-refractivity contribution in [2.24, 2.45) is 15.6 Å². The van der Waals surface area contributed by atoms with Gasteiger partial charge in [0, 0.05) is 11.5 Å². The molecule has 1 unspecified atom stereocenters. The maximum atomic E-state index is 6.24. The van der Waals surface area contributed by atoms with Gasteiger partial charge in [-0.05, 0) is 32.4 Å². The SMILES string of the molecule is CCN=Nc1ccc2c(c1)OCCOCCOCC(C)(CC)OCC(C)(C)CO2. The minimum absolute atomic E-state index is 0.172. The van der Waals surface area contributed by atoms with Gasteiger partial charge in [0.25, 0.3) is 0 Å². The maximum Gasteiger partial charge on any atom is 0.163 e. The Morgan fingerprint density at radius 1 is 0.862 bits per heavy atom. The highest BCUT2D eigenvalue weighted by Crippen LogP contribution is 2.33. The first-order valence-electron chi connectivity index (χ1n) is 10.4. The van der Waals surface area contributed by atoms with E-state index >= 15 is 0 Å². The highest BCUT2D eigenvalue weighted by molar-refractivity contribution is 5.51. The topological polar surface area (TPSA) is 70.9 Å². The summed E-state index contributed by atoms with van der Waals surface area (Å²) in [5.41, 5.74) is 0.238. The van der Waals surface area contributed by atoms with E-state index in [2.05, 4.69) is 37.9 Å². The van der Waals surface area contributed by atoms with Crippen LogP contribution in [0.1, 0.15) is 41.0 Å². The van der Waals surface area contributed by atoms with Gasteiger partial charge >= 0.3 is 0 Å². The molecule has 0 fully saturated rings. The Morgan fingerprint density at radius 3 is 2.38 bits per heavy atom. The molecule has 0 aromatic heterocycles. The average molecular weight is 409 g/mol. The predicted octanol–water partition coefficient (Wildman–Crippen LogP) is 4.81. The van der Waals surface area contributed by atoms with Crippen LogP contribution in [0.2, 0.25) is 0 Å². The molecule has 0 N–H and O–H groups in total. The minimum atomic E-state index is -0.325. The predicted molar refractivity (Wildman–Crippen MR) is 113 cm³/mol. The largest absolute Gasteiger partial charge is 0.489 e. The summed E-state index contributed by atoms with van der Waals surface area (Å²) >= 11 is 0. The number of azo groups is 1. The van der Waals surface area contributed by atoms with Crippen molar-refractivity contribution >= 4 is 5.69 Å². The van der Waals surface area contributed by atoms with E-state index in [9.17, 15) is 0 Å². The summed E-state index contributed by atoms with van der Waals surface area (Å²) in [6.45, 7) is 14.6. The molecule has 0 spiro atoms. The number of rotatable bonds is 3. The normalized spacial score (nSPS) is 24.4. The van der Waals surface area contributed by atoms with Gasteiger partial charge in [0.1, 0.15) is 6.61 Å². The Morgan fingerprint density at radius 2 is 1.62 bits per heavy atom. The second-order valence-corrected chi connectivity index (χ2v) is 8.25. The summed E-state index contributed by atoms with van der Waals surface area (Å²) in [7, 11) is 0. The van der Waals surface area contributed by atoms with Gasteiger partial charge < -0.3 is 23.7 Å². The summed E-state index contributed by atoms with van der Waals surface area (Å²) in [4.78, 5) is 0. The van der Waals surface area contributed by atoms with E-state index in [-0.39, 0.29) is 11.0 Å². The quantitative estimate of drug-likeness (QED) is 0.672. The molecule has 1 aliphatic rings. The smallest absolute Gasteiger partial charge is 0.163 e. The second kappa shape index (κ2) is 11.5. The molecule has 1 aliphatic heterocycles. The Labute approximate surface area is 174 Å². The summed E-state index contributed by atoms with van der Waals surface area (Å²) in [5.74, 6) is 1.32. The molecule has 0 amide bonds.